The number of nitrogens with zero attached hydrogens (tertiary/aromatic N) is 2. The minimum atomic E-state index is -0.321. The lowest BCUT2D eigenvalue weighted by atomic mass is 9.87. The highest BCUT2D eigenvalue weighted by Crippen LogP contribution is 2.43. The van der Waals surface area contributed by atoms with Crippen LogP contribution in [0.15, 0.2) is 42.5 Å². The molecule has 7 nitrogen and oxygen atoms in total. The van der Waals surface area contributed by atoms with Crippen LogP contribution in [0.4, 0.5) is 0 Å². The Balaban J connectivity index is 1.69. The summed E-state index contributed by atoms with van der Waals surface area (Å²) in [6.07, 6.45) is 3.21. The number of ether oxygens (including phenoxy) is 3. The lowest BCUT2D eigenvalue weighted by Gasteiger charge is -2.31. The molecule has 2 atom stereocenters. The Morgan fingerprint density at radius 3 is 2.03 bits per heavy atom. The number of carbonyl (C=O) groups excluding carboxylic acids is 2. The van der Waals surface area contributed by atoms with Gasteiger partial charge in [0.25, 0.3) is 5.91 Å². The molecule has 4 rings (SSSR count). The Morgan fingerprint density at radius 1 is 0.818 bits per heavy atom. The first-order valence-electron chi connectivity index (χ1n) is 11.5. The van der Waals surface area contributed by atoms with E-state index >= 15 is 0 Å². The average molecular weight is 453 g/mol. The smallest absolute Gasteiger partial charge is 0.253 e. The lowest BCUT2D eigenvalue weighted by Crippen LogP contribution is -2.42. The molecule has 0 unspecified atom stereocenters. The van der Waals surface area contributed by atoms with Gasteiger partial charge in [-0.05, 0) is 49.1 Å². The third kappa shape index (κ3) is 4.63. The van der Waals surface area contributed by atoms with Gasteiger partial charge in [0.15, 0.2) is 11.5 Å². The Labute approximate surface area is 195 Å². The number of piperidine rings is 1. The maximum Gasteiger partial charge on any atom is 0.253 e. The number of methoxy groups -OCH3 is 3. The molecule has 33 heavy (non-hydrogen) atoms. The molecule has 2 saturated heterocycles. The summed E-state index contributed by atoms with van der Waals surface area (Å²) in [6, 6.07) is 13.0. The number of hydrogen-bond donors (Lipinski definition) is 0. The molecule has 7 heteroatoms. The first-order valence-corrected chi connectivity index (χ1v) is 11.5. The second kappa shape index (κ2) is 10.1. The number of likely N-dealkylation sites (tertiary alicyclic amines) is 2. The van der Waals surface area contributed by atoms with Crippen molar-refractivity contribution in [2.45, 2.75) is 25.2 Å². The molecular weight excluding hydrogens is 420 g/mol. The van der Waals surface area contributed by atoms with Crippen molar-refractivity contribution in [1.29, 1.82) is 0 Å². The van der Waals surface area contributed by atoms with Crippen molar-refractivity contribution in [3.63, 3.8) is 0 Å². The van der Waals surface area contributed by atoms with E-state index in [-0.39, 0.29) is 23.7 Å². The Morgan fingerprint density at radius 2 is 1.45 bits per heavy atom. The minimum Gasteiger partial charge on any atom is -0.493 e. The van der Waals surface area contributed by atoms with E-state index in [0.717, 1.165) is 37.9 Å². The first-order chi connectivity index (χ1) is 16.1. The van der Waals surface area contributed by atoms with E-state index in [9.17, 15) is 9.59 Å². The van der Waals surface area contributed by atoms with Gasteiger partial charge in [0.05, 0.1) is 27.2 Å². The van der Waals surface area contributed by atoms with Crippen molar-refractivity contribution in [2.75, 3.05) is 47.5 Å². The summed E-state index contributed by atoms with van der Waals surface area (Å²) in [5.74, 6) is 1.18. The van der Waals surface area contributed by atoms with Crippen LogP contribution in [-0.2, 0) is 4.79 Å². The third-order valence-electron chi connectivity index (χ3n) is 6.73. The summed E-state index contributed by atoms with van der Waals surface area (Å²) in [5.41, 5.74) is 1.54. The monoisotopic (exact) mass is 452 g/mol. The molecule has 2 aromatic rings. The van der Waals surface area contributed by atoms with Gasteiger partial charge in [-0.1, -0.05) is 18.2 Å². The second-order valence-electron chi connectivity index (χ2n) is 8.63. The number of rotatable bonds is 6. The van der Waals surface area contributed by atoms with Gasteiger partial charge in [-0.15, -0.1) is 0 Å². The SMILES string of the molecule is COc1cc([C@@H]2CN(C(=O)c3ccccc3)C[C@H]2C(=O)N2CCCCC2)cc(OC)c1OC. The molecule has 0 aromatic heterocycles. The van der Waals surface area contributed by atoms with Gasteiger partial charge in [-0.25, -0.2) is 0 Å². The summed E-state index contributed by atoms with van der Waals surface area (Å²) in [7, 11) is 4.73. The zero-order chi connectivity index (χ0) is 23.4. The van der Waals surface area contributed by atoms with E-state index in [1.807, 2.05) is 47.4 Å². The van der Waals surface area contributed by atoms with Gasteiger partial charge in [0.1, 0.15) is 0 Å². The van der Waals surface area contributed by atoms with E-state index in [2.05, 4.69) is 0 Å². The van der Waals surface area contributed by atoms with Gasteiger partial charge < -0.3 is 24.0 Å². The van der Waals surface area contributed by atoms with Crippen molar-refractivity contribution in [3.05, 3.63) is 53.6 Å². The van der Waals surface area contributed by atoms with Crippen molar-refractivity contribution in [3.8, 4) is 17.2 Å². The Hall–Kier alpha value is -3.22. The van der Waals surface area contributed by atoms with E-state index in [1.165, 1.54) is 0 Å². The molecular formula is C26H32N2O5. The van der Waals surface area contributed by atoms with Gasteiger partial charge in [-0.2, -0.15) is 0 Å². The fraction of sp³-hybridized carbons (Fsp3) is 0.462. The number of hydrogen-bond acceptors (Lipinski definition) is 5. The highest BCUT2D eigenvalue weighted by molar-refractivity contribution is 5.95. The van der Waals surface area contributed by atoms with Gasteiger partial charge in [0.2, 0.25) is 11.7 Å². The summed E-state index contributed by atoms with van der Waals surface area (Å²) < 4.78 is 16.6. The number of amides is 2. The third-order valence-corrected chi connectivity index (χ3v) is 6.73. The molecule has 2 aliphatic heterocycles. The predicted molar refractivity (Wildman–Crippen MR) is 125 cm³/mol. The van der Waals surface area contributed by atoms with Crippen molar-refractivity contribution < 1.29 is 23.8 Å². The molecule has 0 spiro atoms. The van der Waals surface area contributed by atoms with Gasteiger partial charge in [0, 0.05) is 37.7 Å². The second-order valence-corrected chi connectivity index (χ2v) is 8.63. The van der Waals surface area contributed by atoms with Crippen LogP contribution in [0.5, 0.6) is 17.2 Å². The molecule has 0 saturated carbocycles. The molecule has 2 heterocycles. The average Bonchev–Trinajstić information content (AvgIpc) is 3.33. The highest BCUT2D eigenvalue weighted by Gasteiger charge is 2.43. The van der Waals surface area contributed by atoms with Crippen LogP contribution in [0.3, 0.4) is 0 Å². The van der Waals surface area contributed by atoms with Crippen LogP contribution in [-0.4, -0.2) is 69.1 Å². The molecule has 2 amide bonds. The van der Waals surface area contributed by atoms with E-state index < -0.39 is 0 Å². The molecule has 176 valence electrons. The summed E-state index contributed by atoms with van der Waals surface area (Å²) in [5, 5.41) is 0. The predicted octanol–water partition coefficient (Wildman–Crippen LogP) is 3.58. The Bertz CT molecular complexity index is 962. The summed E-state index contributed by atoms with van der Waals surface area (Å²) in [6.45, 7) is 2.41. The van der Waals surface area contributed by atoms with E-state index in [1.54, 1.807) is 26.2 Å². The maximum absolute atomic E-state index is 13.6. The Kier molecular flexibility index (Phi) is 7.06. The molecule has 0 aliphatic carbocycles. The highest BCUT2D eigenvalue weighted by atomic mass is 16.5. The summed E-state index contributed by atoms with van der Waals surface area (Å²) >= 11 is 0. The molecule has 0 bridgehead atoms. The van der Waals surface area contributed by atoms with Crippen molar-refractivity contribution in [1.82, 2.24) is 9.80 Å². The lowest BCUT2D eigenvalue weighted by molar-refractivity contribution is -0.136. The zero-order valence-electron chi connectivity index (χ0n) is 19.6. The number of carbonyl (C=O) groups is 2. The summed E-state index contributed by atoms with van der Waals surface area (Å²) in [4.78, 5) is 30.6. The topological polar surface area (TPSA) is 68.3 Å². The van der Waals surface area contributed by atoms with Gasteiger partial charge in [-0.3, -0.25) is 9.59 Å². The van der Waals surface area contributed by atoms with Crippen LogP contribution in [0, 0.1) is 5.92 Å². The van der Waals surface area contributed by atoms with Crippen LogP contribution >= 0.6 is 0 Å². The minimum absolute atomic E-state index is 0.0537. The van der Waals surface area contributed by atoms with Gasteiger partial charge >= 0.3 is 0 Å². The van der Waals surface area contributed by atoms with Crippen LogP contribution in [0.2, 0.25) is 0 Å². The molecule has 0 radical (unpaired) electrons. The normalized spacial score (nSPS) is 20.5. The fourth-order valence-electron chi connectivity index (χ4n) is 4.99. The van der Waals surface area contributed by atoms with E-state index in [0.29, 0.717) is 35.9 Å². The standard InChI is InChI=1S/C26H32N2O5/c1-31-22-14-19(15-23(32-2)24(22)33-3)20-16-28(25(29)18-10-6-4-7-11-18)17-21(20)26(30)27-12-8-5-9-13-27/h4,6-7,10-11,14-15,20-21H,5,8-9,12-13,16-17H2,1-3H3/t20-,21+/m0/s1. The maximum atomic E-state index is 13.6. The van der Waals surface area contributed by atoms with Crippen LogP contribution < -0.4 is 14.2 Å². The van der Waals surface area contributed by atoms with Crippen molar-refractivity contribution in [2.24, 2.45) is 5.92 Å². The number of benzene rings is 2. The quantitative estimate of drug-likeness (QED) is 0.670. The zero-order valence-corrected chi connectivity index (χ0v) is 19.6. The van der Waals surface area contributed by atoms with Crippen LogP contribution in [0.25, 0.3) is 0 Å². The molecule has 0 N–H and O–H groups in total. The largest absolute Gasteiger partial charge is 0.493 e. The van der Waals surface area contributed by atoms with E-state index in [4.69, 9.17) is 14.2 Å². The molecule has 2 fully saturated rings. The molecule has 2 aliphatic rings. The first kappa shape index (κ1) is 23.0. The van der Waals surface area contributed by atoms with Crippen LogP contribution in [0.1, 0.15) is 41.1 Å². The van der Waals surface area contributed by atoms with Crippen molar-refractivity contribution >= 4 is 11.8 Å². The fourth-order valence-corrected chi connectivity index (χ4v) is 4.99. The molecule has 2 aromatic carbocycles.